The van der Waals surface area contributed by atoms with E-state index in [0.717, 1.165) is 28.2 Å². The molecule has 0 aliphatic rings. The van der Waals surface area contributed by atoms with Gasteiger partial charge in [-0.3, -0.25) is 0 Å². The van der Waals surface area contributed by atoms with Crippen LogP contribution >= 0.6 is 11.3 Å². The topological polar surface area (TPSA) is 51.8 Å². The van der Waals surface area contributed by atoms with Crippen molar-refractivity contribution >= 4 is 11.3 Å². The van der Waals surface area contributed by atoms with Gasteiger partial charge in [0, 0.05) is 16.5 Å². The number of benzene rings is 2. The van der Waals surface area contributed by atoms with Gasteiger partial charge in [0.2, 0.25) is 11.7 Å². The van der Waals surface area contributed by atoms with E-state index in [2.05, 4.69) is 46.7 Å². The van der Waals surface area contributed by atoms with Crippen LogP contribution in [0, 0.1) is 0 Å². The molecule has 25 heavy (non-hydrogen) atoms. The molecule has 0 saturated carbocycles. The van der Waals surface area contributed by atoms with Crippen LogP contribution in [0.1, 0.15) is 23.4 Å². The monoisotopic (exact) mass is 347 g/mol. The van der Waals surface area contributed by atoms with Gasteiger partial charge in [0.1, 0.15) is 5.01 Å². The van der Waals surface area contributed by atoms with Gasteiger partial charge < -0.3 is 4.52 Å². The fourth-order valence-corrected chi connectivity index (χ4v) is 3.39. The van der Waals surface area contributed by atoms with Crippen LogP contribution in [0.5, 0.6) is 0 Å². The first-order valence-electron chi connectivity index (χ1n) is 8.23. The summed E-state index contributed by atoms with van der Waals surface area (Å²) in [5.74, 6) is 1.20. The van der Waals surface area contributed by atoms with E-state index >= 15 is 0 Å². The molecule has 0 bridgehead atoms. The molecular formula is C20H17N3OS. The molecule has 0 fully saturated rings. The molecule has 0 saturated heterocycles. The molecular weight excluding hydrogens is 330 g/mol. The maximum atomic E-state index is 5.37. The molecule has 2 heterocycles. The molecule has 124 valence electrons. The summed E-state index contributed by atoms with van der Waals surface area (Å²) < 4.78 is 5.37. The van der Waals surface area contributed by atoms with Crippen LogP contribution in [0.25, 0.3) is 22.6 Å². The van der Waals surface area contributed by atoms with Crippen molar-refractivity contribution in [1.82, 2.24) is 15.1 Å². The normalized spacial score (nSPS) is 10.9. The van der Waals surface area contributed by atoms with E-state index in [-0.39, 0.29) is 0 Å². The first kappa shape index (κ1) is 15.7. The number of thiazole rings is 1. The quantitative estimate of drug-likeness (QED) is 0.509. The third-order valence-electron chi connectivity index (χ3n) is 4.01. The van der Waals surface area contributed by atoms with Gasteiger partial charge in [0.25, 0.3) is 0 Å². The minimum atomic E-state index is 0.553. The molecule has 0 aliphatic carbocycles. The number of rotatable bonds is 5. The highest BCUT2D eigenvalue weighted by Crippen LogP contribution is 2.24. The van der Waals surface area contributed by atoms with Crippen LogP contribution in [-0.2, 0) is 12.8 Å². The van der Waals surface area contributed by atoms with E-state index in [0.29, 0.717) is 18.1 Å². The molecule has 2 aromatic carbocycles. The predicted octanol–water partition coefficient (Wildman–Crippen LogP) is 5.01. The number of nitrogens with zero attached hydrogens (tertiary/aromatic N) is 3. The van der Waals surface area contributed by atoms with Crippen molar-refractivity contribution in [2.24, 2.45) is 0 Å². The van der Waals surface area contributed by atoms with E-state index in [4.69, 9.17) is 9.51 Å². The first-order valence-corrected chi connectivity index (χ1v) is 9.11. The Bertz CT molecular complexity index is 958. The number of aryl methyl sites for hydroxylation is 1. The summed E-state index contributed by atoms with van der Waals surface area (Å²) >= 11 is 1.62. The average Bonchev–Trinajstić information content (AvgIpc) is 3.33. The van der Waals surface area contributed by atoms with E-state index in [9.17, 15) is 0 Å². The Balaban J connectivity index is 1.50. The highest BCUT2D eigenvalue weighted by Gasteiger charge is 2.12. The summed E-state index contributed by atoms with van der Waals surface area (Å²) in [5.41, 5.74) is 4.41. The van der Waals surface area contributed by atoms with Gasteiger partial charge in [0.15, 0.2) is 0 Å². The van der Waals surface area contributed by atoms with Gasteiger partial charge >= 0.3 is 0 Å². The highest BCUT2D eigenvalue weighted by atomic mass is 32.1. The maximum absolute atomic E-state index is 5.37. The Morgan fingerprint density at radius 1 is 0.920 bits per heavy atom. The van der Waals surface area contributed by atoms with Crippen LogP contribution in [-0.4, -0.2) is 15.1 Å². The molecule has 0 aliphatic heterocycles. The fraction of sp³-hybridized carbons (Fsp3) is 0.150. The number of hydrogen-bond acceptors (Lipinski definition) is 5. The summed E-state index contributed by atoms with van der Waals surface area (Å²) in [4.78, 5) is 9.17. The van der Waals surface area contributed by atoms with Crippen molar-refractivity contribution in [3.05, 3.63) is 76.4 Å². The lowest BCUT2D eigenvalue weighted by molar-refractivity contribution is 0.385. The zero-order valence-electron chi connectivity index (χ0n) is 13.8. The predicted molar refractivity (Wildman–Crippen MR) is 99.5 cm³/mol. The van der Waals surface area contributed by atoms with Gasteiger partial charge in [-0.15, -0.1) is 11.3 Å². The second-order valence-electron chi connectivity index (χ2n) is 5.73. The first-order chi connectivity index (χ1) is 12.3. The summed E-state index contributed by atoms with van der Waals surface area (Å²) in [5, 5.41) is 7.10. The van der Waals surface area contributed by atoms with Gasteiger partial charge in [-0.1, -0.05) is 66.7 Å². The Morgan fingerprint density at radius 3 is 2.48 bits per heavy atom. The lowest BCUT2D eigenvalue weighted by Crippen LogP contribution is -1.88. The largest absolute Gasteiger partial charge is 0.339 e. The zero-order valence-corrected chi connectivity index (χ0v) is 14.7. The molecule has 5 heteroatoms. The SMILES string of the molecule is CCc1ccc(-c2csc(Cc3nc(-c4ccccc4)no3)n2)cc1. The van der Waals surface area contributed by atoms with Crippen molar-refractivity contribution in [3.63, 3.8) is 0 Å². The maximum Gasteiger partial charge on any atom is 0.233 e. The molecule has 2 aromatic heterocycles. The summed E-state index contributed by atoms with van der Waals surface area (Å²) in [6.07, 6.45) is 1.60. The Morgan fingerprint density at radius 2 is 1.72 bits per heavy atom. The van der Waals surface area contributed by atoms with Crippen molar-refractivity contribution < 1.29 is 4.52 Å². The Labute approximate surface area is 150 Å². The number of aromatic nitrogens is 3. The lowest BCUT2D eigenvalue weighted by atomic mass is 10.1. The highest BCUT2D eigenvalue weighted by molar-refractivity contribution is 7.10. The summed E-state index contributed by atoms with van der Waals surface area (Å²) in [6, 6.07) is 18.4. The second kappa shape index (κ2) is 6.99. The van der Waals surface area contributed by atoms with Crippen LogP contribution in [0.3, 0.4) is 0 Å². The third-order valence-corrected chi connectivity index (χ3v) is 4.86. The van der Waals surface area contributed by atoms with E-state index in [1.54, 1.807) is 11.3 Å². The van der Waals surface area contributed by atoms with Gasteiger partial charge in [-0.2, -0.15) is 4.98 Å². The minimum Gasteiger partial charge on any atom is -0.339 e. The Hall–Kier alpha value is -2.79. The van der Waals surface area contributed by atoms with Crippen LogP contribution < -0.4 is 0 Å². The second-order valence-corrected chi connectivity index (χ2v) is 6.67. The standard InChI is InChI=1S/C20H17N3OS/c1-2-14-8-10-15(11-9-14)17-13-25-19(21-17)12-18-22-20(23-24-18)16-6-4-3-5-7-16/h3-11,13H,2,12H2,1H3. The van der Waals surface area contributed by atoms with Crippen molar-refractivity contribution in [3.8, 4) is 22.6 Å². The summed E-state index contributed by atoms with van der Waals surface area (Å²) in [6.45, 7) is 2.16. The molecule has 0 atom stereocenters. The van der Waals surface area contributed by atoms with Crippen molar-refractivity contribution in [1.29, 1.82) is 0 Å². The number of hydrogen-bond donors (Lipinski definition) is 0. The van der Waals surface area contributed by atoms with E-state index in [1.807, 2.05) is 30.3 Å². The lowest BCUT2D eigenvalue weighted by Gasteiger charge is -1.99. The zero-order chi connectivity index (χ0) is 17.1. The van der Waals surface area contributed by atoms with Crippen LogP contribution in [0.4, 0.5) is 0 Å². The van der Waals surface area contributed by atoms with Crippen LogP contribution in [0.2, 0.25) is 0 Å². The van der Waals surface area contributed by atoms with Gasteiger partial charge in [-0.25, -0.2) is 4.98 Å². The smallest absolute Gasteiger partial charge is 0.233 e. The molecule has 0 amide bonds. The molecule has 0 radical (unpaired) electrons. The fourth-order valence-electron chi connectivity index (χ4n) is 2.60. The van der Waals surface area contributed by atoms with E-state index in [1.165, 1.54) is 5.56 Å². The molecule has 0 spiro atoms. The Kier molecular flexibility index (Phi) is 4.39. The minimum absolute atomic E-state index is 0.553. The van der Waals surface area contributed by atoms with Gasteiger partial charge in [0.05, 0.1) is 12.1 Å². The molecule has 4 nitrogen and oxygen atoms in total. The molecule has 0 N–H and O–H groups in total. The van der Waals surface area contributed by atoms with Gasteiger partial charge in [-0.05, 0) is 12.0 Å². The van der Waals surface area contributed by atoms with Crippen LogP contribution in [0.15, 0.2) is 64.5 Å². The molecule has 4 aromatic rings. The molecule has 0 unspecified atom stereocenters. The third kappa shape index (κ3) is 3.51. The van der Waals surface area contributed by atoms with Crippen molar-refractivity contribution in [2.75, 3.05) is 0 Å². The molecule has 4 rings (SSSR count). The van der Waals surface area contributed by atoms with E-state index < -0.39 is 0 Å². The average molecular weight is 347 g/mol. The van der Waals surface area contributed by atoms with Crippen molar-refractivity contribution in [2.45, 2.75) is 19.8 Å². The summed E-state index contributed by atoms with van der Waals surface area (Å²) in [7, 11) is 0.